The number of rotatable bonds is 4. The first-order chi connectivity index (χ1) is 7.34. The molecular weight excluding hydrogens is 195 g/mol. The Kier molecular flexibility index (Phi) is 2.92. The molecule has 0 atom stereocenters. The lowest BCUT2D eigenvalue weighted by molar-refractivity contribution is 0.585. The van der Waals surface area contributed by atoms with Gasteiger partial charge in [-0.1, -0.05) is 6.07 Å². The molecule has 78 valence electrons. The van der Waals surface area contributed by atoms with Crippen molar-refractivity contribution in [3.63, 3.8) is 0 Å². The third-order valence-corrected chi connectivity index (χ3v) is 1.94. The molecule has 0 radical (unpaired) electrons. The van der Waals surface area contributed by atoms with Crippen LogP contribution in [0, 0.1) is 5.95 Å². The van der Waals surface area contributed by atoms with Crippen molar-refractivity contribution in [1.29, 1.82) is 0 Å². The van der Waals surface area contributed by atoms with Crippen molar-refractivity contribution in [2.45, 2.75) is 6.42 Å². The maximum atomic E-state index is 12.7. The fraction of sp³-hybridized carbons (Fsp3) is 0.200. The molecule has 0 fully saturated rings. The van der Waals surface area contributed by atoms with Crippen molar-refractivity contribution in [1.82, 2.24) is 15.0 Å². The molecule has 2 aromatic rings. The van der Waals surface area contributed by atoms with E-state index in [0.29, 0.717) is 12.4 Å². The zero-order valence-corrected chi connectivity index (χ0v) is 8.07. The average Bonchev–Trinajstić information content (AvgIpc) is 2.71. The lowest BCUT2D eigenvalue weighted by atomic mass is 10.4. The SMILES string of the molecule is Fc1cccc(NCCc2ncc[nH]2)n1. The Bertz CT molecular complexity index is 413. The maximum Gasteiger partial charge on any atom is 0.214 e. The van der Waals surface area contributed by atoms with Crippen LogP contribution < -0.4 is 5.32 Å². The zero-order valence-electron chi connectivity index (χ0n) is 8.07. The van der Waals surface area contributed by atoms with Gasteiger partial charge in [-0.2, -0.15) is 4.39 Å². The van der Waals surface area contributed by atoms with Gasteiger partial charge in [0.25, 0.3) is 0 Å². The van der Waals surface area contributed by atoms with E-state index in [9.17, 15) is 4.39 Å². The Labute approximate surface area is 86.6 Å². The highest BCUT2D eigenvalue weighted by molar-refractivity contribution is 5.33. The monoisotopic (exact) mass is 206 g/mol. The molecule has 0 aliphatic rings. The van der Waals surface area contributed by atoms with E-state index in [0.717, 1.165) is 12.2 Å². The van der Waals surface area contributed by atoms with E-state index < -0.39 is 5.95 Å². The van der Waals surface area contributed by atoms with E-state index in [1.54, 1.807) is 24.5 Å². The molecule has 4 nitrogen and oxygen atoms in total. The number of halogens is 1. The standard InChI is InChI=1S/C10H11FN4/c11-8-2-1-3-10(15-8)12-5-4-9-13-6-7-14-9/h1-3,6-7H,4-5H2,(H,12,15)(H,13,14). The predicted molar refractivity (Wildman–Crippen MR) is 55.0 cm³/mol. The minimum atomic E-state index is -0.474. The maximum absolute atomic E-state index is 12.7. The van der Waals surface area contributed by atoms with Crippen LogP contribution >= 0.6 is 0 Å². The highest BCUT2D eigenvalue weighted by atomic mass is 19.1. The van der Waals surface area contributed by atoms with Gasteiger partial charge in [-0.3, -0.25) is 0 Å². The van der Waals surface area contributed by atoms with Gasteiger partial charge in [0, 0.05) is 25.4 Å². The van der Waals surface area contributed by atoms with Crippen LogP contribution in [0.3, 0.4) is 0 Å². The summed E-state index contributed by atoms with van der Waals surface area (Å²) in [4.78, 5) is 10.7. The summed E-state index contributed by atoms with van der Waals surface area (Å²) in [7, 11) is 0. The number of H-pyrrole nitrogens is 1. The van der Waals surface area contributed by atoms with Gasteiger partial charge >= 0.3 is 0 Å². The van der Waals surface area contributed by atoms with Gasteiger partial charge in [-0.25, -0.2) is 9.97 Å². The third kappa shape index (κ3) is 2.77. The molecule has 0 saturated carbocycles. The molecule has 5 heteroatoms. The summed E-state index contributed by atoms with van der Waals surface area (Å²) in [6.07, 6.45) is 4.23. The predicted octanol–water partition coefficient (Wildman–Crippen LogP) is 1.60. The lowest BCUT2D eigenvalue weighted by Gasteiger charge is -2.03. The summed E-state index contributed by atoms with van der Waals surface area (Å²) in [5.74, 6) is 0.971. The molecule has 2 heterocycles. The molecule has 15 heavy (non-hydrogen) atoms. The van der Waals surface area contributed by atoms with Gasteiger partial charge in [0.2, 0.25) is 5.95 Å². The van der Waals surface area contributed by atoms with Crippen molar-refractivity contribution in [3.05, 3.63) is 42.4 Å². The number of nitrogens with one attached hydrogen (secondary N) is 2. The van der Waals surface area contributed by atoms with E-state index >= 15 is 0 Å². The average molecular weight is 206 g/mol. The Morgan fingerprint density at radius 3 is 3.07 bits per heavy atom. The zero-order chi connectivity index (χ0) is 10.5. The van der Waals surface area contributed by atoms with Crippen molar-refractivity contribution < 1.29 is 4.39 Å². The first-order valence-electron chi connectivity index (χ1n) is 4.69. The van der Waals surface area contributed by atoms with Gasteiger partial charge in [0.15, 0.2) is 0 Å². The van der Waals surface area contributed by atoms with Crippen LogP contribution in [0.4, 0.5) is 10.2 Å². The number of aromatic amines is 1. The normalized spacial score (nSPS) is 10.2. The fourth-order valence-corrected chi connectivity index (χ4v) is 1.25. The summed E-state index contributed by atoms with van der Waals surface area (Å²) in [5, 5.41) is 3.01. The molecule has 2 rings (SSSR count). The Hall–Kier alpha value is -1.91. The van der Waals surface area contributed by atoms with Gasteiger partial charge in [-0.05, 0) is 12.1 Å². The van der Waals surface area contributed by atoms with Crippen LogP contribution in [0.25, 0.3) is 0 Å². The van der Waals surface area contributed by atoms with Crippen molar-refractivity contribution in [2.75, 3.05) is 11.9 Å². The Balaban J connectivity index is 1.83. The first-order valence-corrected chi connectivity index (χ1v) is 4.69. The number of hydrogen-bond acceptors (Lipinski definition) is 3. The van der Waals surface area contributed by atoms with Crippen LogP contribution in [-0.4, -0.2) is 21.5 Å². The molecular formula is C10H11FN4. The van der Waals surface area contributed by atoms with Crippen LogP contribution in [0.5, 0.6) is 0 Å². The quantitative estimate of drug-likeness (QED) is 0.747. The van der Waals surface area contributed by atoms with E-state index in [-0.39, 0.29) is 0 Å². The van der Waals surface area contributed by atoms with E-state index in [1.165, 1.54) is 6.07 Å². The number of nitrogens with zero attached hydrogens (tertiary/aromatic N) is 2. The van der Waals surface area contributed by atoms with E-state index in [2.05, 4.69) is 20.3 Å². The number of hydrogen-bond donors (Lipinski definition) is 2. The highest BCUT2D eigenvalue weighted by Crippen LogP contribution is 2.03. The second-order valence-electron chi connectivity index (χ2n) is 3.06. The molecule has 0 unspecified atom stereocenters. The lowest BCUT2D eigenvalue weighted by Crippen LogP contribution is -2.07. The van der Waals surface area contributed by atoms with E-state index in [1.807, 2.05) is 0 Å². The van der Waals surface area contributed by atoms with Gasteiger partial charge < -0.3 is 10.3 Å². The highest BCUT2D eigenvalue weighted by Gasteiger charge is 1.97. The molecule has 2 aromatic heterocycles. The van der Waals surface area contributed by atoms with Crippen molar-refractivity contribution in [3.8, 4) is 0 Å². The second kappa shape index (κ2) is 4.54. The van der Waals surface area contributed by atoms with Gasteiger partial charge in [0.1, 0.15) is 11.6 Å². The third-order valence-electron chi connectivity index (χ3n) is 1.94. The number of imidazole rings is 1. The van der Waals surface area contributed by atoms with Crippen LogP contribution in [0.15, 0.2) is 30.6 Å². The van der Waals surface area contributed by atoms with E-state index in [4.69, 9.17) is 0 Å². The first kappa shape index (κ1) is 9.64. The molecule has 0 aliphatic carbocycles. The fourth-order valence-electron chi connectivity index (χ4n) is 1.25. The summed E-state index contributed by atoms with van der Waals surface area (Å²) >= 11 is 0. The topological polar surface area (TPSA) is 53.6 Å². The van der Waals surface area contributed by atoms with Crippen LogP contribution in [-0.2, 0) is 6.42 Å². The second-order valence-corrected chi connectivity index (χ2v) is 3.06. The number of anilines is 1. The smallest absolute Gasteiger partial charge is 0.214 e. The molecule has 0 aromatic carbocycles. The summed E-state index contributed by atoms with van der Waals surface area (Å²) in [5.41, 5.74) is 0. The van der Waals surface area contributed by atoms with Crippen molar-refractivity contribution >= 4 is 5.82 Å². The number of pyridine rings is 1. The van der Waals surface area contributed by atoms with Crippen LogP contribution in [0.2, 0.25) is 0 Å². The summed E-state index contributed by atoms with van der Waals surface area (Å²) in [6.45, 7) is 0.671. The Morgan fingerprint density at radius 1 is 1.40 bits per heavy atom. The molecule has 0 amide bonds. The van der Waals surface area contributed by atoms with Crippen molar-refractivity contribution in [2.24, 2.45) is 0 Å². The minimum absolute atomic E-state index is 0.474. The Morgan fingerprint density at radius 2 is 2.33 bits per heavy atom. The minimum Gasteiger partial charge on any atom is -0.370 e. The van der Waals surface area contributed by atoms with Crippen LogP contribution in [0.1, 0.15) is 5.82 Å². The van der Waals surface area contributed by atoms with Gasteiger partial charge in [-0.15, -0.1) is 0 Å². The summed E-state index contributed by atoms with van der Waals surface area (Å²) < 4.78 is 12.7. The summed E-state index contributed by atoms with van der Waals surface area (Å²) in [6, 6.07) is 4.67. The number of aromatic nitrogens is 3. The largest absolute Gasteiger partial charge is 0.370 e. The molecule has 2 N–H and O–H groups in total. The van der Waals surface area contributed by atoms with Gasteiger partial charge in [0.05, 0.1) is 0 Å². The molecule has 0 bridgehead atoms. The molecule has 0 aliphatic heterocycles. The molecule has 0 spiro atoms. The molecule has 0 saturated heterocycles.